The van der Waals surface area contributed by atoms with E-state index in [1.54, 1.807) is 0 Å². The molecule has 12 N–H and O–H groups in total. The normalized spacial score (nSPS) is 27.8. The number of ether oxygens (including phenoxy) is 6. The minimum Gasteiger partial charge on any atom is -0.394 e. The third-order valence-corrected chi connectivity index (χ3v) is 17.9. The maximum absolute atomic E-state index is 13.4. The summed E-state index contributed by atoms with van der Waals surface area (Å²) in [5.74, 6) is -0.287. The van der Waals surface area contributed by atoms with Crippen LogP contribution in [0.3, 0.4) is 0 Å². The molecule has 3 saturated heterocycles. The Labute approximate surface area is 571 Å². The minimum atomic E-state index is -1.98. The SMILES string of the molecule is CC/C=C\C/C=C\C/C=C\C/C=C\C/C=C\C/C=C\C/C=C\C/C=C\CCCCC(=O)NC(COC1OC(CO)C(OC2OC(CO)C(OC3OC(CO)C(O)C(O)C3O)C(O)C2O)C(O)C1O)C(O)CCCCCCCCCCCCCCCCCCCCCCCCC. The van der Waals surface area contributed by atoms with Gasteiger partial charge in [0.05, 0.1) is 38.6 Å². The molecule has 19 nitrogen and oxygen atoms in total. The molecule has 17 atom stereocenters. The Hall–Kier alpha value is -3.29. The van der Waals surface area contributed by atoms with E-state index in [9.17, 15) is 61.0 Å². The Morgan fingerprint density at radius 2 is 0.726 bits per heavy atom. The fourth-order valence-corrected chi connectivity index (χ4v) is 12.0. The van der Waals surface area contributed by atoms with E-state index in [0.29, 0.717) is 19.3 Å². The molecule has 548 valence electrons. The van der Waals surface area contributed by atoms with Gasteiger partial charge in [-0.15, -0.1) is 0 Å². The molecule has 3 aliphatic rings. The van der Waals surface area contributed by atoms with Gasteiger partial charge in [-0.05, 0) is 77.0 Å². The van der Waals surface area contributed by atoms with E-state index in [1.807, 2.05) is 0 Å². The van der Waals surface area contributed by atoms with Gasteiger partial charge in [0.15, 0.2) is 18.9 Å². The molecule has 0 bridgehead atoms. The Morgan fingerprint density at radius 1 is 0.389 bits per heavy atom. The van der Waals surface area contributed by atoms with Crippen LogP contribution in [0, 0.1) is 0 Å². The van der Waals surface area contributed by atoms with Crippen molar-refractivity contribution in [3.63, 3.8) is 0 Å². The number of aliphatic hydroxyl groups is 11. The van der Waals surface area contributed by atoms with Crippen molar-refractivity contribution >= 4 is 5.91 Å². The van der Waals surface area contributed by atoms with E-state index in [4.69, 9.17) is 28.4 Å². The van der Waals surface area contributed by atoms with Gasteiger partial charge in [-0.2, -0.15) is 0 Å². The lowest BCUT2D eigenvalue weighted by atomic mass is 9.96. The zero-order valence-electron chi connectivity index (χ0n) is 58.1. The molecular formula is C76H131NO18. The standard InChI is InChI=1S/C76H131NO18/c1-3-5-7-9-11-13-15-17-19-21-23-25-27-28-29-30-32-34-36-38-40-42-44-46-48-50-52-54-64(82)77-59(60(81)53-51-49-47-45-43-41-39-37-35-33-31-26-24-22-20-18-16-14-12-10-8-6-4-2)58-90-74-70(88)67(85)72(62(56-79)92-74)95-76-71(89)68(86)73(63(57-80)93-76)94-75-69(87)66(84)65(83)61(55-78)91-75/h5,7,11,13,17,19,23,25,28-29,32,34,38,40,44,46,59-63,65-76,78-81,83-89H,3-4,6,8-10,12,14-16,18,20-22,24,26-27,30-31,33,35-37,39,41-43,45,47-58H2,1-2H3,(H,77,82)/b7-5-,13-11-,19-17-,25-23-,29-28-,34-32-,40-38-,46-44-. The number of amides is 1. The van der Waals surface area contributed by atoms with Crippen LogP contribution in [0.1, 0.15) is 245 Å². The number of aliphatic hydroxyl groups excluding tert-OH is 11. The monoisotopic (exact) mass is 1350 g/mol. The summed E-state index contributed by atoms with van der Waals surface area (Å²) in [4.78, 5) is 13.4. The molecule has 3 aliphatic heterocycles. The number of rotatable bonds is 56. The molecule has 0 aliphatic carbocycles. The fraction of sp³-hybridized carbons (Fsp3) is 0.776. The highest BCUT2D eigenvalue weighted by atomic mass is 16.8. The van der Waals surface area contributed by atoms with Gasteiger partial charge < -0.3 is 89.9 Å². The maximum atomic E-state index is 13.4. The second kappa shape index (κ2) is 56.5. The van der Waals surface area contributed by atoms with Gasteiger partial charge in [-0.3, -0.25) is 4.79 Å². The Bertz CT molecular complexity index is 2100. The molecule has 1 amide bonds. The van der Waals surface area contributed by atoms with Crippen LogP contribution in [0.25, 0.3) is 0 Å². The lowest BCUT2D eigenvalue weighted by Crippen LogP contribution is -2.66. The Balaban J connectivity index is 1.44. The highest BCUT2D eigenvalue weighted by Gasteiger charge is 2.53. The van der Waals surface area contributed by atoms with Crippen LogP contribution in [0.2, 0.25) is 0 Å². The van der Waals surface area contributed by atoms with Crippen molar-refractivity contribution in [2.75, 3.05) is 26.4 Å². The van der Waals surface area contributed by atoms with Gasteiger partial charge in [-0.25, -0.2) is 0 Å². The zero-order valence-corrected chi connectivity index (χ0v) is 58.1. The van der Waals surface area contributed by atoms with Crippen molar-refractivity contribution in [2.45, 2.75) is 349 Å². The third-order valence-electron chi connectivity index (χ3n) is 17.9. The maximum Gasteiger partial charge on any atom is 0.220 e. The summed E-state index contributed by atoms with van der Waals surface area (Å²) in [7, 11) is 0. The van der Waals surface area contributed by atoms with Crippen LogP contribution in [0.5, 0.6) is 0 Å². The van der Waals surface area contributed by atoms with Crippen molar-refractivity contribution in [3.8, 4) is 0 Å². The van der Waals surface area contributed by atoms with Crippen molar-refractivity contribution in [1.82, 2.24) is 5.32 Å². The number of carbonyl (C=O) groups is 1. The third kappa shape index (κ3) is 37.6. The molecule has 95 heavy (non-hydrogen) atoms. The molecule has 0 aromatic rings. The molecule has 0 radical (unpaired) electrons. The minimum absolute atomic E-state index is 0.205. The molecule has 19 heteroatoms. The molecule has 3 heterocycles. The molecule has 0 aromatic carbocycles. The lowest BCUT2D eigenvalue weighted by Gasteiger charge is -2.48. The van der Waals surface area contributed by atoms with Crippen LogP contribution in [-0.4, -0.2) is 193 Å². The van der Waals surface area contributed by atoms with Crippen molar-refractivity contribution in [2.24, 2.45) is 0 Å². The quantitative estimate of drug-likeness (QED) is 0.0199. The van der Waals surface area contributed by atoms with Gasteiger partial charge in [0.1, 0.15) is 73.2 Å². The molecule has 3 rings (SSSR count). The van der Waals surface area contributed by atoms with Crippen LogP contribution >= 0.6 is 0 Å². The summed E-state index contributed by atoms with van der Waals surface area (Å²) in [6, 6.07) is -0.919. The fourth-order valence-electron chi connectivity index (χ4n) is 12.0. The highest BCUT2D eigenvalue weighted by Crippen LogP contribution is 2.33. The van der Waals surface area contributed by atoms with Crippen LogP contribution in [-0.2, 0) is 33.2 Å². The number of allylic oxidation sites excluding steroid dienone is 16. The Kier molecular flexibility index (Phi) is 51.1. The first-order chi connectivity index (χ1) is 46.3. The van der Waals surface area contributed by atoms with E-state index < -0.39 is 124 Å². The van der Waals surface area contributed by atoms with Crippen molar-refractivity contribution in [3.05, 3.63) is 97.2 Å². The topological polar surface area (TPSA) is 307 Å². The highest BCUT2D eigenvalue weighted by molar-refractivity contribution is 5.76. The lowest BCUT2D eigenvalue weighted by molar-refractivity contribution is -0.379. The number of unbranched alkanes of at least 4 members (excludes halogenated alkanes) is 24. The Morgan fingerprint density at radius 3 is 1.12 bits per heavy atom. The summed E-state index contributed by atoms with van der Waals surface area (Å²) >= 11 is 0. The van der Waals surface area contributed by atoms with Crippen LogP contribution in [0.15, 0.2) is 97.2 Å². The van der Waals surface area contributed by atoms with Gasteiger partial charge >= 0.3 is 0 Å². The van der Waals surface area contributed by atoms with Gasteiger partial charge in [-0.1, -0.05) is 259 Å². The van der Waals surface area contributed by atoms with Gasteiger partial charge in [0.25, 0.3) is 0 Å². The predicted molar refractivity (Wildman–Crippen MR) is 374 cm³/mol. The van der Waals surface area contributed by atoms with E-state index in [-0.39, 0.29) is 18.9 Å². The summed E-state index contributed by atoms with van der Waals surface area (Å²) in [5.41, 5.74) is 0. The van der Waals surface area contributed by atoms with E-state index in [0.717, 1.165) is 83.5 Å². The largest absolute Gasteiger partial charge is 0.394 e. The van der Waals surface area contributed by atoms with Crippen molar-refractivity contribution in [1.29, 1.82) is 0 Å². The number of hydrogen-bond acceptors (Lipinski definition) is 18. The average molecular weight is 1350 g/mol. The molecule has 3 fully saturated rings. The predicted octanol–water partition coefficient (Wildman–Crippen LogP) is 10.8. The average Bonchev–Trinajstić information content (AvgIpc) is 0.787. The first-order valence-corrected chi connectivity index (χ1v) is 37.0. The van der Waals surface area contributed by atoms with E-state index >= 15 is 0 Å². The first kappa shape index (κ1) is 85.9. The van der Waals surface area contributed by atoms with Gasteiger partial charge in [0, 0.05) is 6.42 Å². The number of hydrogen-bond donors (Lipinski definition) is 12. The van der Waals surface area contributed by atoms with Crippen LogP contribution < -0.4 is 5.32 Å². The van der Waals surface area contributed by atoms with Crippen LogP contribution in [0.4, 0.5) is 0 Å². The zero-order chi connectivity index (χ0) is 68.9. The smallest absolute Gasteiger partial charge is 0.220 e. The van der Waals surface area contributed by atoms with E-state index in [2.05, 4.69) is 116 Å². The molecule has 0 aromatic heterocycles. The van der Waals surface area contributed by atoms with Crippen molar-refractivity contribution < 1.29 is 89.4 Å². The first-order valence-electron chi connectivity index (χ1n) is 37.0. The van der Waals surface area contributed by atoms with Gasteiger partial charge in [0.2, 0.25) is 5.91 Å². The summed E-state index contributed by atoms with van der Waals surface area (Å²) in [6.45, 7) is 1.66. The summed E-state index contributed by atoms with van der Waals surface area (Å²) < 4.78 is 34.4. The molecule has 17 unspecified atom stereocenters. The second-order valence-electron chi connectivity index (χ2n) is 26.0. The number of carbonyl (C=O) groups excluding carboxylic acids is 1. The summed E-state index contributed by atoms with van der Waals surface area (Å²) in [5, 5.41) is 121. The molecular weight excluding hydrogens is 1210 g/mol. The number of nitrogens with one attached hydrogen (secondary N) is 1. The van der Waals surface area contributed by atoms with E-state index in [1.165, 1.54) is 122 Å². The molecule has 0 spiro atoms. The summed E-state index contributed by atoms with van der Waals surface area (Å²) in [6.07, 6.45) is 47.6. The molecule has 0 saturated carbocycles. The second-order valence-corrected chi connectivity index (χ2v) is 26.0.